The van der Waals surface area contributed by atoms with E-state index in [2.05, 4.69) is 20.1 Å². The maximum absolute atomic E-state index is 12.0. The molecule has 0 fully saturated rings. The summed E-state index contributed by atoms with van der Waals surface area (Å²) in [6.07, 6.45) is 0.826. The van der Waals surface area contributed by atoms with Gasteiger partial charge in [-0.25, -0.2) is 8.42 Å². The normalized spacial score (nSPS) is 12.0. The summed E-state index contributed by atoms with van der Waals surface area (Å²) in [6.45, 7) is 1.42. The summed E-state index contributed by atoms with van der Waals surface area (Å²) >= 11 is 0. The summed E-state index contributed by atoms with van der Waals surface area (Å²) in [5.74, 6) is -1.67. The van der Waals surface area contributed by atoms with Gasteiger partial charge in [-0.1, -0.05) is 12.1 Å². The zero-order valence-electron chi connectivity index (χ0n) is 15.9. The maximum atomic E-state index is 12.0. The molecule has 0 spiro atoms. The monoisotopic (exact) mass is 412 g/mol. The second kappa shape index (κ2) is 10.5. The van der Waals surface area contributed by atoms with Crippen molar-refractivity contribution in [2.45, 2.75) is 19.4 Å². The summed E-state index contributed by atoms with van der Waals surface area (Å²) < 4.78 is 29.1. The molecular weight excluding hydrogens is 388 g/mol. The van der Waals surface area contributed by atoms with E-state index < -0.39 is 27.9 Å². The molecule has 11 heteroatoms. The highest BCUT2D eigenvalue weighted by Gasteiger charge is 2.23. The molecule has 1 aromatic rings. The van der Waals surface area contributed by atoms with Crippen molar-refractivity contribution in [3.63, 3.8) is 0 Å². The average Bonchev–Trinajstić information content (AvgIpc) is 2.63. The second-order valence-electron chi connectivity index (χ2n) is 5.98. The molecule has 4 N–H and O–H groups in total. The molecule has 10 nitrogen and oxygen atoms in total. The van der Waals surface area contributed by atoms with Gasteiger partial charge in [0.15, 0.2) is 0 Å². The fraction of sp³-hybridized carbons (Fsp3) is 0.412. The van der Waals surface area contributed by atoms with Crippen LogP contribution >= 0.6 is 0 Å². The van der Waals surface area contributed by atoms with Crippen molar-refractivity contribution >= 4 is 33.5 Å². The van der Waals surface area contributed by atoms with Gasteiger partial charge in [0.1, 0.15) is 6.04 Å². The molecular formula is C17H24N4O6S. The second-order valence-corrected chi connectivity index (χ2v) is 7.76. The van der Waals surface area contributed by atoms with Gasteiger partial charge in [-0.2, -0.15) is 4.72 Å². The highest BCUT2D eigenvalue weighted by molar-refractivity contribution is 7.88. The molecule has 0 bridgehead atoms. The molecule has 0 aromatic heterocycles. The minimum atomic E-state index is -3.67. The van der Waals surface area contributed by atoms with Crippen LogP contribution in [0.2, 0.25) is 0 Å². The molecule has 0 aliphatic carbocycles. The van der Waals surface area contributed by atoms with Crippen molar-refractivity contribution in [1.29, 1.82) is 5.41 Å². The van der Waals surface area contributed by atoms with E-state index in [4.69, 9.17) is 5.41 Å². The molecule has 1 rings (SSSR count). The number of methoxy groups -OCH3 is 1. The zero-order chi connectivity index (χ0) is 21.3. The van der Waals surface area contributed by atoms with Crippen molar-refractivity contribution in [3.8, 4) is 0 Å². The fourth-order valence-electron chi connectivity index (χ4n) is 2.14. The predicted octanol–water partition coefficient (Wildman–Crippen LogP) is -0.599. The molecule has 2 amide bonds. The van der Waals surface area contributed by atoms with Gasteiger partial charge >= 0.3 is 5.97 Å². The lowest BCUT2D eigenvalue weighted by molar-refractivity contribution is -0.142. The Morgan fingerprint density at radius 3 is 2.18 bits per heavy atom. The third kappa shape index (κ3) is 8.27. The molecule has 0 heterocycles. The van der Waals surface area contributed by atoms with Crippen LogP contribution < -0.4 is 15.4 Å². The lowest BCUT2D eigenvalue weighted by Gasteiger charge is -2.16. The van der Waals surface area contributed by atoms with E-state index in [0.29, 0.717) is 16.8 Å². The number of sulfonamides is 1. The Labute approximate surface area is 163 Å². The van der Waals surface area contributed by atoms with Gasteiger partial charge in [0.05, 0.1) is 13.4 Å². The van der Waals surface area contributed by atoms with E-state index in [0.717, 1.165) is 13.4 Å². The van der Waals surface area contributed by atoms with E-state index in [-0.39, 0.29) is 25.4 Å². The van der Waals surface area contributed by atoms with Crippen LogP contribution in [0.15, 0.2) is 24.3 Å². The minimum absolute atomic E-state index is 0.0540. The first-order chi connectivity index (χ1) is 13.0. The molecule has 1 unspecified atom stereocenters. The highest BCUT2D eigenvalue weighted by atomic mass is 32.2. The van der Waals surface area contributed by atoms with Gasteiger partial charge in [-0.15, -0.1) is 0 Å². The van der Waals surface area contributed by atoms with Crippen LogP contribution in [0.3, 0.4) is 0 Å². The van der Waals surface area contributed by atoms with Gasteiger partial charge in [-0.05, 0) is 24.6 Å². The summed E-state index contributed by atoms with van der Waals surface area (Å²) in [5.41, 5.74) is 1.49. The topological polar surface area (TPSA) is 155 Å². The SMILES string of the molecule is COC(=O)C(CNC(=O)CCNC(=O)c1ccc(C(C)=N)cc1)NS(C)(=O)=O. The van der Waals surface area contributed by atoms with Crippen LogP contribution in [0.25, 0.3) is 0 Å². The Kier molecular flexibility index (Phi) is 8.74. The molecule has 0 saturated heterocycles. The third-order valence-electron chi connectivity index (χ3n) is 3.56. The smallest absolute Gasteiger partial charge is 0.325 e. The number of carbonyl (C=O) groups excluding carboxylic acids is 3. The number of ether oxygens (including phenoxy) is 1. The van der Waals surface area contributed by atoms with Crippen LogP contribution in [-0.2, 0) is 24.3 Å². The number of hydrogen-bond acceptors (Lipinski definition) is 7. The van der Waals surface area contributed by atoms with Crippen LogP contribution in [0.5, 0.6) is 0 Å². The van der Waals surface area contributed by atoms with Crippen LogP contribution in [0.4, 0.5) is 0 Å². The maximum Gasteiger partial charge on any atom is 0.325 e. The number of rotatable bonds is 10. The summed E-state index contributed by atoms with van der Waals surface area (Å²) in [4.78, 5) is 35.4. The molecule has 154 valence electrons. The predicted molar refractivity (Wildman–Crippen MR) is 103 cm³/mol. The number of nitrogens with one attached hydrogen (secondary N) is 4. The molecule has 0 radical (unpaired) electrons. The van der Waals surface area contributed by atoms with Crippen LogP contribution in [-0.4, -0.2) is 64.4 Å². The molecule has 28 heavy (non-hydrogen) atoms. The van der Waals surface area contributed by atoms with Crippen LogP contribution in [0.1, 0.15) is 29.3 Å². The average molecular weight is 412 g/mol. The Balaban J connectivity index is 2.45. The first-order valence-corrected chi connectivity index (χ1v) is 10.2. The molecule has 0 aliphatic heterocycles. The Morgan fingerprint density at radius 2 is 1.68 bits per heavy atom. The van der Waals surface area contributed by atoms with Gasteiger partial charge in [0, 0.05) is 30.8 Å². The quantitative estimate of drug-likeness (QED) is 0.297. The first-order valence-electron chi connectivity index (χ1n) is 8.29. The fourth-order valence-corrected chi connectivity index (χ4v) is 2.84. The summed E-state index contributed by atoms with van der Waals surface area (Å²) in [5, 5.41) is 12.5. The van der Waals surface area contributed by atoms with Crippen molar-refractivity contribution < 1.29 is 27.5 Å². The summed E-state index contributed by atoms with van der Waals surface area (Å²) in [6, 6.07) is 5.24. The molecule has 0 saturated carbocycles. The van der Waals surface area contributed by atoms with Crippen molar-refractivity contribution in [1.82, 2.24) is 15.4 Å². The lowest BCUT2D eigenvalue weighted by Crippen LogP contribution is -2.48. The Bertz CT molecular complexity index is 836. The number of esters is 1. The zero-order valence-corrected chi connectivity index (χ0v) is 16.7. The number of hydrogen-bond donors (Lipinski definition) is 4. The van der Waals surface area contributed by atoms with Gasteiger partial charge < -0.3 is 20.8 Å². The minimum Gasteiger partial charge on any atom is -0.468 e. The Morgan fingerprint density at radius 1 is 1.11 bits per heavy atom. The van der Waals surface area contributed by atoms with Crippen molar-refractivity contribution in [2.24, 2.45) is 0 Å². The number of benzene rings is 1. The molecule has 0 aliphatic rings. The van der Waals surface area contributed by atoms with E-state index in [9.17, 15) is 22.8 Å². The van der Waals surface area contributed by atoms with Crippen molar-refractivity contribution in [2.75, 3.05) is 26.5 Å². The summed E-state index contributed by atoms with van der Waals surface area (Å²) in [7, 11) is -2.56. The standard InChI is InChI=1S/C17H24N4O6S/c1-11(18)12-4-6-13(7-5-12)16(23)19-9-8-15(22)20-10-14(17(24)27-2)21-28(3,25)26/h4-7,14,18,21H,8-10H2,1-3H3,(H,19,23)(H,20,22). The largest absolute Gasteiger partial charge is 0.468 e. The van der Waals surface area contributed by atoms with E-state index >= 15 is 0 Å². The first kappa shape index (κ1) is 23.2. The van der Waals surface area contributed by atoms with Crippen LogP contribution in [0, 0.1) is 5.41 Å². The lowest BCUT2D eigenvalue weighted by atomic mass is 10.1. The Hall–Kier alpha value is -2.79. The van der Waals surface area contributed by atoms with Crippen molar-refractivity contribution in [3.05, 3.63) is 35.4 Å². The number of amides is 2. The molecule has 1 aromatic carbocycles. The third-order valence-corrected chi connectivity index (χ3v) is 4.28. The van der Waals surface area contributed by atoms with Gasteiger partial charge in [0.25, 0.3) is 5.91 Å². The highest BCUT2D eigenvalue weighted by Crippen LogP contribution is 2.05. The van der Waals surface area contributed by atoms with E-state index in [1.54, 1.807) is 31.2 Å². The molecule has 1 atom stereocenters. The number of carbonyl (C=O) groups is 3. The van der Waals surface area contributed by atoms with E-state index in [1.165, 1.54) is 0 Å². The van der Waals surface area contributed by atoms with Gasteiger partial charge in [-0.3, -0.25) is 14.4 Å². The van der Waals surface area contributed by atoms with Gasteiger partial charge in [0.2, 0.25) is 15.9 Å². The van der Waals surface area contributed by atoms with E-state index in [1.807, 2.05) is 0 Å².